The molecule has 3 nitrogen and oxygen atoms in total. The Balaban J connectivity index is 1.15. The Labute approximate surface area is 423 Å². The van der Waals surface area contributed by atoms with E-state index in [1.807, 2.05) is 0 Å². The monoisotopic (exact) mass is 931 g/mol. The largest absolute Gasteiger partial charge is 0.310 e. The molecule has 0 radical (unpaired) electrons. The van der Waals surface area contributed by atoms with Crippen molar-refractivity contribution in [2.75, 3.05) is 0 Å². The van der Waals surface area contributed by atoms with Crippen LogP contribution in [0.2, 0.25) is 0 Å². The first-order valence-electron chi connectivity index (χ1n) is 26.0. The van der Waals surface area contributed by atoms with Crippen molar-refractivity contribution >= 4 is 164 Å². The van der Waals surface area contributed by atoms with Crippen LogP contribution >= 0.6 is 0 Å². The normalized spacial score (nSPS) is 13.1. The Morgan fingerprint density at radius 2 is 0.581 bits per heavy atom. The van der Waals surface area contributed by atoms with Gasteiger partial charge in [-0.1, -0.05) is 212 Å². The molecule has 0 atom stereocenters. The number of fused-ring (bicyclic) bond motifs is 27. The van der Waals surface area contributed by atoms with Gasteiger partial charge in [0.1, 0.15) is 0 Å². The summed E-state index contributed by atoms with van der Waals surface area (Å²) in [7, 11) is 0. The van der Waals surface area contributed by atoms with Crippen LogP contribution in [0, 0.1) is 0 Å². The standard InChI is InChI=1S/C70H38BN3/c1-7-21-45-39(15-1)30-34-56-59(45)53-33-29-42-18-4-12-26-50(42)65(53)72(56)67-52-28-14-13-27-51(52)66-64-70(67)74-58-36-32-41-17-3-9-23-47(41)61(58)63-49-25-11-6-20-44(49)38-55(69(63)74)71(64)54-37-43-19-5-10-24-48(43)62-60-46-22-8-2-16-40(46)31-35-57(60)73(66)68(54)62/h1-38H. The van der Waals surface area contributed by atoms with E-state index in [9.17, 15) is 0 Å². The minimum absolute atomic E-state index is 0.112. The third kappa shape index (κ3) is 4.39. The summed E-state index contributed by atoms with van der Waals surface area (Å²) < 4.78 is 8.15. The van der Waals surface area contributed by atoms with Crippen LogP contribution in [-0.2, 0) is 0 Å². The van der Waals surface area contributed by atoms with Gasteiger partial charge in [-0.3, -0.25) is 0 Å². The molecule has 0 aliphatic carbocycles. The molecule has 19 rings (SSSR count). The summed E-state index contributed by atoms with van der Waals surface area (Å²) in [6, 6.07) is 87.9. The van der Waals surface area contributed by atoms with E-state index in [0.29, 0.717) is 0 Å². The topological polar surface area (TPSA) is 14.8 Å². The Hall–Kier alpha value is -9.64. The molecule has 74 heavy (non-hydrogen) atoms. The maximum Gasteiger partial charge on any atom is 0.252 e. The van der Waals surface area contributed by atoms with Crippen molar-refractivity contribution in [3.63, 3.8) is 0 Å². The molecule has 4 heteroatoms. The molecule has 336 valence electrons. The van der Waals surface area contributed by atoms with Gasteiger partial charge in [0.15, 0.2) is 0 Å². The van der Waals surface area contributed by atoms with E-state index in [4.69, 9.17) is 0 Å². The average Bonchev–Trinajstić information content (AvgIpc) is 4.32. The van der Waals surface area contributed by atoms with E-state index in [2.05, 4.69) is 244 Å². The molecule has 0 unspecified atom stereocenters. The second kappa shape index (κ2) is 13.3. The van der Waals surface area contributed by atoms with Crippen LogP contribution in [0.25, 0.3) is 158 Å². The van der Waals surface area contributed by atoms with Crippen LogP contribution in [0.1, 0.15) is 0 Å². The Bertz CT molecular complexity index is 5510. The van der Waals surface area contributed by atoms with Crippen molar-refractivity contribution in [2.45, 2.75) is 0 Å². The van der Waals surface area contributed by atoms with Gasteiger partial charge in [0.2, 0.25) is 0 Å². The van der Waals surface area contributed by atoms with Crippen LogP contribution in [0.4, 0.5) is 0 Å². The first-order chi connectivity index (χ1) is 36.8. The van der Waals surface area contributed by atoms with Crippen LogP contribution in [0.5, 0.6) is 0 Å². The number of aromatic nitrogens is 3. The summed E-state index contributed by atoms with van der Waals surface area (Å²) in [5.74, 6) is 0. The first-order valence-corrected chi connectivity index (χ1v) is 26.0. The predicted molar refractivity (Wildman–Crippen MR) is 317 cm³/mol. The molecule has 0 amide bonds. The molecule has 0 bridgehead atoms. The lowest BCUT2D eigenvalue weighted by molar-refractivity contribution is 1.10. The van der Waals surface area contributed by atoms with Crippen molar-refractivity contribution in [1.82, 2.24) is 13.7 Å². The summed E-state index contributed by atoms with van der Waals surface area (Å²) in [5.41, 5.74) is 15.3. The molecule has 0 fully saturated rings. The van der Waals surface area contributed by atoms with Crippen molar-refractivity contribution < 1.29 is 0 Å². The Morgan fingerprint density at radius 3 is 1.09 bits per heavy atom. The molecule has 0 N–H and O–H groups in total. The summed E-state index contributed by atoms with van der Waals surface area (Å²) in [4.78, 5) is 0. The van der Waals surface area contributed by atoms with Gasteiger partial charge >= 0.3 is 0 Å². The number of hydrogen-bond donors (Lipinski definition) is 0. The first kappa shape index (κ1) is 38.1. The summed E-state index contributed by atoms with van der Waals surface area (Å²) >= 11 is 0. The maximum absolute atomic E-state index is 2.74. The Morgan fingerprint density at radius 1 is 0.230 bits per heavy atom. The van der Waals surface area contributed by atoms with E-state index >= 15 is 0 Å². The van der Waals surface area contributed by atoms with E-state index in [1.165, 1.54) is 174 Å². The smallest absolute Gasteiger partial charge is 0.252 e. The highest BCUT2D eigenvalue weighted by Gasteiger charge is 2.45. The third-order valence-electron chi connectivity index (χ3n) is 17.6. The second-order valence-electron chi connectivity index (χ2n) is 21.0. The number of rotatable bonds is 1. The summed E-state index contributed by atoms with van der Waals surface area (Å²) in [5, 5.41) is 25.5. The zero-order valence-electron chi connectivity index (χ0n) is 39.9. The van der Waals surface area contributed by atoms with Gasteiger partial charge < -0.3 is 13.7 Å². The highest BCUT2D eigenvalue weighted by Crippen LogP contribution is 2.51. The predicted octanol–water partition coefficient (Wildman–Crippen LogP) is 16.2. The van der Waals surface area contributed by atoms with Crippen molar-refractivity contribution in [3.8, 4) is 17.1 Å². The molecule has 2 aliphatic heterocycles. The molecular formula is C70H38BN3. The summed E-state index contributed by atoms with van der Waals surface area (Å²) in [6.07, 6.45) is 0. The number of benzene rings is 14. The molecule has 3 aromatic heterocycles. The molecule has 5 heterocycles. The van der Waals surface area contributed by atoms with E-state index in [1.54, 1.807) is 0 Å². The van der Waals surface area contributed by atoms with Crippen LogP contribution < -0.4 is 16.4 Å². The van der Waals surface area contributed by atoms with E-state index in [0.717, 1.165) is 0 Å². The minimum Gasteiger partial charge on any atom is -0.310 e. The lowest BCUT2D eigenvalue weighted by atomic mass is 9.34. The molecule has 17 aromatic rings. The van der Waals surface area contributed by atoms with Crippen LogP contribution in [-0.4, -0.2) is 20.4 Å². The van der Waals surface area contributed by atoms with Gasteiger partial charge in [-0.05, 0) is 93.8 Å². The molecule has 0 saturated carbocycles. The number of hydrogen-bond acceptors (Lipinski definition) is 0. The van der Waals surface area contributed by atoms with Gasteiger partial charge in [0.25, 0.3) is 6.71 Å². The van der Waals surface area contributed by atoms with Crippen molar-refractivity contribution in [1.29, 1.82) is 0 Å². The van der Waals surface area contributed by atoms with E-state index < -0.39 is 0 Å². The molecule has 14 aromatic carbocycles. The summed E-state index contributed by atoms with van der Waals surface area (Å²) in [6.45, 7) is -0.112. The van der Waals surface area contributed by atoms with Gasteiger partial charge in [-0.25, -0.2) is 0 Å². The number of nitrogens with zero attached hydrogens (tertiary/aromatic N) is 3. The fraction of sp³-hybridized carbons (Fsp3) is 0. The van der Waals surface area contributed by atoms with Gasteiger partial charge in [0.05, 0.1) is 50.2 Å². The minimum atomic E-state index is -0.112. The van der Waals surface area contributed by atoms with Crippen LogP contribution in [0.3, 0.4) is 0 Å². The van der Waals surface area contributed by atoms with Crippen molar-refractivity contribution in [3.05, 3.63) is 231 Å². The fourth-order valence-electron chi connectivity index (χ4n) is 14.9. The van der Waals surface area contributed by atoms with Crippen molar-refractivity contribution in [2.24, 2.45) is 0 Å². The molecule has 0 spiro atoms. The quantitative estimate of drug-likeness (QED) is 0.146. The van der Waals surface area contributed by atoms with E-state index in [-0.39, 0.29) is 6.71 Å². The zero-order valence-corrected chi connectivity index (χ0v) is 39.9. The maximum atomic E-state index is 2.74. The molecule has 0 saturated heterocycles. The zero-order chi connectivity index (χ0) is 47.7. The highest BCUT2D eigenvalue weighted by molar-refractivity contribution is 7.01. The molecular weight excluding hydrogens is 894 g/mol. The Kier molecular flexibility index (Phi) is 6.82. The highest BCUT2D eigenvalue weighted by atomic mass is 15.1. The molecule has 2 aliphatic rings. The van der Waals surface area contributed by atoms with Crippen LogP contribution in [0.15, 0.2) is 231 Å². The lowest BCUT2D eigenvalue weighted by Crippen LogP contribution is -2.59. The van der Waals surface area contributed by atoms with Gasteiger partial charge in [-0.15, -0.1) is 0 Å². The second-order valence-corrected chi connectivity index (χ2v) is 21.0. The fourth-order valence-corrected chi connectivity index (χ4v) is 14.9. The average molecular weight is 932 g/mol. The third-order valence-corrected chi connectivity index (χ3v) is 17.6. The van der Waals surface area contributed by atoms with Gasteiger partial charge in [0, 0.05) is 48.5 Å². The SMILES string of the molecule is c1ccc2c(c1)ccc1c2c2c3ccccc3cc3c2n1-c1c2c(c4ccccc4c1-n1c4ccc5ccccc5c4c4ccc5ccccc5c41)-n1c4ccc5ccccc5c4c4c5ccccc5cc(c41)B23. The lowest BCUT2D eigenvalue weighted by Gasteiger charge is -2.37. The van der Waals surface area contributed by atoms with Gasteiger partial charge in [-0.2, -0.15) is 0 Å².